The van der Waals surface area contributed by atoms with E-state index in [0.29, 0.717) is 12.4 Å². The molecule has 1 amide bonds. The van der Waals surface area contributed by atoms with Crippen molar-refractivity contribution < 1.29 is 9.53 Å². The maximum atomic E-state index is 11.7. The number of amides is 1. The number of nitrogens with one attached hydrogen (secondary N) is 2. The fourth-order valence-corrected chi connectivity index (χ4v) is 2.62. The van der Waals surface area contributed by atoms with E-state index >= 15 is 0 Å². The average molecular weight is 266 g/mol. The van der Waals surface area contributed by atoms with Gasteiger partial charge in [0.05, 0.1) is 7.11 Å². The summed E-state index contributed by atoms with van der Waals surface area (Å²) in [6.07, 6.45) is 9.41. The number of hydrogen-bond acceptors (Lipinski definition) is 4. The minimum atomic E-state index is -0.0189. The molecular formula is C13H22N4O2. The highest BCUT2D eigenvalue weighted by Gasteiger charge is 2.14. The number of aromatic nitrogens is 3. The van der Waals surface area contributed by atoms with Crippen molar-refractivity contribution in [1.82, 2.24) is 15.2 Å². The SMILES string of the molecule is COc1n[nH]c(NC(=O)CCCC2CCCCC2)n1. The fourth-order valence-electron chi connectivity index (χ4n) is 2.62. The zero-order valence-corrected chi connectivity index (χ0v) is 11.4. The van der Waals surface area contributed by atoms with Crippen molar-refractivity contribution in [2.75, 3.05) is 12.4 Å². The molecule has 1 fully saturated rings. The van der Waals surface area contributed by atoms with E-state index in [4.69, 9.17) is 4.74 Å². The van der Waals surface area contributed by atoms with Crippen LogP contribution in [0.2, 0.25) is 0 Å². The molecule has 0 aromatic carbocycles. The lowest BCUT2D eigenvalue weighted by molar-refractivity contribution is -0.116. The number of aromatic amines is 1. The second-order valence-corrected chi connectivity index (χ2v) is 5.12. The third-order valence-electron chi connectivity index (χ3n) is 3.65. The normalized spacial score (nSPS) is 16.3. The Hall–Kier alpha value is -1.59. The summed E-state index contributed by atoms with van der Waals surface area (Å²) >= 11 is 0. The summed E-state index contributed by atoms with van der Waals surface area (Å²) in [6.45, 7) is 0. The molecule has 106 valence electrons. The molecule has 0 atom stereocenters. The van der Waals surface area contributed by atoms with Crippen LogP contribution in [0.4, 0.5) is 5.95 Å². The third-order valence-corrected chi connectivity index (χ3v) is 3.65. The first kappa shape index (κ1) is 13.8. The van der Waals surface area contributed by atoms with Crippen molar-refractivity contribution in [3.8, 4) is 6.01 Å². The summed E-state index contributed by atoms with van der Waals surface area (Å²) in [5, 5.41) is 9.06. The summed E-state index contributed by atoms with van der Waals surface area (Å²) in [6, 6.07) is 0.234. The topological polar surface area (TPSA) is 79.9 Å². The Morgan fingerprint density at radius 1 is 1.42 bits per heavy atom. The van der Waals surface area contributed by atoms with E-state index in [1.165, 1.54) is 39.2 Å². The smallest absolute Gasteiger partial charge is 0.336 e. The van der Waals surface area contributed by atoms with Crippen LogP contribution in [-0.2, 0) is 4.79 Å². The van der Waals surface area contributed by atoms with Gasteiger partial charge in [-0.05, 0) is 18.8 Å². The first-order chi connectivity index (χ1) is 9.28. The first-order valence-corrected chi connectivity index (χ1v) is 7.04. The van der Waals surface area contributed by atoms with E-state index in [1.807, 2.05) is 0 Å². The molecule has 2 N–H and O–H groups in total. The van der Waals surface area contributed by atoms with Gasteiger partial charge in [0, 0.05) is 6.42 Å². The van der Waals surface area contributed by atoms with Crippen molar-refractivity contribution >= 4 is 11.9 Å². The van der Waals surface area contributed by atoms with Gasteiger partial charge in [-0.3, -0.25) is 10.1 Å². The van der Waals surface area contributed by atoms with Crippen LogP contribution >= 0.6 is 0 Å². The molecule has 6 nitrogen and oxygen atoms in total. The number of carbonyl (C=O) groups excluding carboxylic acids is 1. The standard InChI is InChI=1S/C13H22N4O2/c1-19-13-15-12(16-17-13)14-11(18)9-5-8-10-6-3-2-4-7-10/h10H,2-9H2,1H3,(H2,14,15,16,17,18). The molecule has 1 aliphatic rings. The van der Waals surface area contributed by atoms with Crippen LogP contribution in [0.15, 0.2) is 0 Å². The van der Waals surface area contributed by atoms with E-state index in [2.05, 4.69) is 20.5 Å². The number of ether oxygens (including phenoxy) is 1. The van der Waals surface area contributed by atoms with Gasteiger partial charge in [-0.15, -0.1) is 5.10 Å². The molecule has 0 spiro atoms. The maximum Gasteiger partial charge on any atom is 0.336 e. The van der Waals surface area contributed by atoms with Gasteiger partial charge in [0.1, 0.15) is 0 Å². The number of H-pyrrole nitrogens is 1. The number of methoxy groups -OCH3 is 1. The van der Waals surface area contributed by atoms with Gasteiger partial charge in [-0.1, -0.05) is 32.1 Å². The van der Waals surface area contributed by atoms with Gasteiger partial charge in [-0.2, -0.15) is 4.98 Å². The highest BCUT2D eigenvalue weighted by molar-refractivity contribution is 5.88. The predicted octanol–water partition coefficient (Wildman–Crippen LogP) is 2.50. The quantitative estimate of drug-likeness (QED) is 0.829. The van der Waals surface area contributed by atoms with E-state index < -0.39 is 0 Å². The molecule has 6 heteroatoms. The monoisotopic (exact) mass is 266 g/mol. The van der Waals surface area contributed by atoms with Gasteiger partial charge in [0.2, 0.25) is 11.9 Å². The lowest BCUT2D eigenvalue weighted by Gasteiger charge is -2.20. The van der Waals surface area contributed by atoms with Crippen molar-refractivity contribution in [1.29, 1.82) is 0 Å². The molecule has 1 saturated carbocycles. The first-order valence-electron chi connectivity index (χ1n) is 7.04. The summed E-state index contributed by atoms with van der Waals surface area (Å²) in [4.78, 5) is 15.7. The molecule has 0 unspecified atom stereocenters. The summed E-state index contributed by atoms with van der Waals surface area (Å²) in [5.74, 6) is 1.15. The van der Waals surface area contributed by atoms with Crippen LogP contribution in [0.25, 0.3) is 0 Å². The summed E-state index contributed by atoms with van der Waals surface area (Å²) in [7, 11) is 1.49. The van der Waals surface area contributed by atoms with E-state index in [0.717, 1.165) is 18.8 Å². The van der Waals surface area contributed by atoms with Crippen LogP contribution in [-0.4, -0.2) is 28.2 Å². The number of carbonyl (C=O) groups is 1. The Kier molecular flexibility index (Phi) is 5.18. The molecule has 0 bridgehead atoms. The zero-order chi connectivity index (χ0) is 13.5. The van der Waals surface area contributed by atoms with Gasteiger partial charge >= 0.3 is 6.01 Å². The predicted molar refractivity (Wildman–Crippen MR) is 72.0 cm³/mol. The van der Waals surface area contributed by atoms with Crippen LogP contribution in [0.3, 0.4) is 0 Å². The van der Waals surface area contributed by atoms with E-state index in [-0.39, 0.29) is 11.9 Å². The fraction of sp³-hybridized carbons (Fsp3) is 0.769. The minimum Gasteiger partial charge on any atom is -0.466 e. The van der Waals surface area contributed by atoms with Crippen LogP contribution in [0.5, 0.6) is 6.01 Å². The summed E-state index contributed by atoms with van der Waals surface area (Å²) in [5.41, 5.74) is 0. The van der Waals surface area contributed by atoms with Crippen molar-refractivity contribution in [2.24, 2.45) is 5.92 Å². The molecule has 1 aromatic rings. The Balaban J connectivity index is 1.63. The summed E-state index contributed by atoms with van der Waals surface area (Å²) < 4.78 is 4.83. The van der Waals surface area contributed by atoms with Crippen LogP contribution < -0.4 is 10.1 Å². The molecule has 0 radical (unpaired) electrons. The molecule has 1 aliphatic carbocycles. The Morgan fingerprint density at radius 2 is 2.21 bits per heavy atom. The lowest BCUT2D eigenvalue weighted by Crippen LogP contribution is -2.13. The lowest BCUT2D eigenvalue weighted by atomic mass is 9.86. The van der Waals surface area contributed by atoms with Crippen LogP contribution in [0, 0.1) is 5.92 Å². The largest absolute Gasteiger partial charge is 0.466 e. The molecule has 19 heavy (non-hydrogen) atoms. The molecule has 0 aliphatic heterocycles. The molecular weight excluding hydrogens is 244 g/mol. The molecule has 0 saturated heterocycles. The molecule has 1 aromatic heterocycles. The van der Waals surface area contributed by atoms with Crippen molar-refractivity contribution in [2.45, 2.75) is 51.4 Å². The number of anilines is 1. The minimum absolute atomic E-state index is 0.0189. The Labute approximate surface area is 113 Å². The number of hydrogen-bond donors (Lipinski definition) is 2. The highest BCUT2D eigenvalue weighted by Crippen LogP contribution is 2.27. The Bertz CT molecular complexity index is 399. The average Bonchev–Trinajstić information content (AvgIpc) is 2.87. The zero-order valence-electron chi connectivity index (χ0n) is 11.4. The molecule has 2 rings (SSSR count). The van der Waals surface area contributed by atoms with E-state index in [9.17, 15) is 4.79 Å². The van der Waals surface area contributed by atoms with Gasteiger partial charge in [-0.25, -0.2) is 5.10 Å². The maximum absolute atomic E-state index is 11.7. The van der Waals surface area contributed by atoms with Crippen molar-refractivity contribution in [3.63, 3.8) is 0 Å². The second-order valence-electron chi connectivity index (χ2n) is 5.12. The van der Waals surface area contributed by atoms with E-state index in [1.54, 1.807) is 0 Å². The second kappa shape index (κ2) is 7.11. The van der Waals surface area contributed by atoms with Crippen molar-refractivity contribution in [3.05, 3.63) is 0 Å². The van der Waals surface area contributed by atoms with Gasteiger partial charge in [0.25, 0.3) is 0 Å². The highest BCUT2D eigenvalue weighted by atomic mass is 16.5. The number of nitrogens with zero attached hydrogens (tertiary/aromatic N) is 2. The third kappa shape index (κ3) is 4.54. The Morgan fingerprint density at radius 3 is 2.89 bits per heavy atom. The van der Waals surface area contributed by atoms with Gasteiger partial charge in [0.15, 0.2) is 0 Å². The van der Waals surface area contributed by atoms with Crippen LogP contribution in [0.1, 0.15) is 51.4 Å². The molecule has 1 heterocycles. The number of rotatable bonds is 6. The van der Waals surface area contributed by atoms with Gasteiger partial charge < -0.3 is 4.74 Å².